The molecule has 0 aromatic carbocycles. The first-order valence-corrected chi connectivity index (χ1v) is 4.18. The van der Waals surface area contributed by atoms with Crippen LogP contribution in [0.4, 0.5) is 0 Å². The van der Waals surface area contributed by atoms with E-state index in [1.807, 2.05) is 13.8 Å². The Morgan fingerprint density at radius 3 is 2.58 bits per heavy atom. The number of carbonyl (C=O) groups is 1. The highest BCUT2D eigenvalue weighted by Crippen LogP contribution is 2.22. The van der Waals surface area contributed by atoms with Crippen LogP contribution in [-0.2, 0) is 9.53 Å². The average molecular weight is 170 g/mol. The highest BCUT2D eigenvalue weighted by atomic mass is 16.6. The summed E-state index contributed by atoms with van der Waals surface area (Å²) < 4.78 is 5.03. The molecule has 0 aromatic rings. The predicted octanol–water partition coefficient (Wildman–Crippen LogP) is 1.59. The molecule has 0 aromatic heterocycles. The number of hydrogen-bond donors (Lipinski definition) is 1. The van der Waals surface area contributed by atoms with Crippen molar-refractivity contribution >= 4 is 5.97 Å². The maximum absolute atomic E-state index is 10.7. The lowest BCUT2D eigenvalue weighted by atomic mass is 10.0. The highest BCUT2D eigenvalue weighted by molar-refractivity contribution is 5.87. The van der Waals surface area contributed by atoms with Crippen LogP contribution in [0, 0.1) is 0 Å². The highest BCUT2D eigenvalue weighted by Gasteiger charge is 2.24. The number of carboxylic acid groups (broad SMARTS) is 1. The van der Waals surface area contributed by atoms with Crippen LogP contribution in [0.3, 0.4) is 0 Å². The molecular formula is C9H14O3. The Bertz CT molecular complexity index is 214. The molecule has 1 atom stereocenters. The molecule has 0 bridgehead atoms. The fourth-order valence-electron chi connectivity index (χ4n) is 1.29. The SMILES string of the molecule is CCC(C(=O)O)=C(C)CC1CO1. The van der Waals surface area contributed by atoms with E-state index in [1.165, 1.54) is 0 Å². The van der Waals surface area contributed by atoms with Crippen LogP contribution in [0.1, 0.15) is 26.7 Å². The zero-order chi connectivity index (χ0) is 9.14. The van der Waals surface area contributed by atoms with Gasteiger partial charge in [0.25, 0.3) is 0 Å². The van der Waals surface area contributed by atoms with E-state index in [4.69, 9.17) is 9.84 Å². The first kappa shape index (κ1) is 9.26. The van der Waals surface area contributed by atoms with Crippen LogP contribution in [0.2, 0.25) is 0 Å². The summed E-state index contributed by atoms with van der Waals surface area (Å²) in [5, 5.41) is 8.78. The van der Waals surface area contributed by atoms with Crippen molar-refractivity contribution in [2.24, 2.45) is 0 Å². The Labute approximate surface area is 72.0 Å². The number of hydrogen-bond acceptors (Lipinski definition) is 2. The molecule has 1 aliphatic rings. The third kappa shape index (κ3) is 2.34. The second-order valence-electron chi connectivity index (χ2n) is 3.08. The van der Waals surface area contributed by atoms with E-state index in [1.54, 1.807) is 0 Å². The zero-order valence-electron chi connectivity index (χ0n) is 7.46. The lowest BCUT2D eigenvalue weighted by Crippen LogP contribution is -2.03. The quantitative estimate of drug-likeness (QED) is 0.515. The molecule has 1 aliphatic heterocycles. The van der Waals surface area contributed by atoms with E-state index in [0.29, 0.717) is 12.0 Å². The van der Waals surface area contributed by atoms with Crippen molar-refractivity contribution in [1.29, 1.82) is 0 Å². The summed E-state index contributed by atoms with van der Waals surface area (Å²) in [4.78, 5) is 10.7. The molecule has 1 saturated heterocycles. The van der Waals surface area contributed by atoms with Crippen molar-refractivity contribution in [2.45, 2.75) is 32.8 Å². The number of aliphatic carboxylic acids is 1. The summed E-state index contributed by atoms with van der Waals surface area (Å²) in [7, 11) is 0. The van der Waals surface area contributed by atoms with E-state index < -0.39 is 5.97 Å². The van der Waals surface area contributed by atoms with Crippen LogP contribution in [0.5, 0.6) is 0 Å². The number of carboxylic acids is 1. The Balaban J connectivity index is 2.60. The lowest BCUT2D eigenvalue weighted by Gasteiger charge is -2.03. The molecule has 1 heterocycles. The molecule has 12 heavy (non-hydrogen) atoms. The van der Waals surface area contributed by atoms with Gasteiger partial charge in [0.05, 0.1) is 12.7 Å². The maximum Gasteiger partial charge on any atom is 0.331 e. The number of ether oxygens (including phenoxy) is 1. The third-order valence-electron chi connectivity index (χ3n) is 2.06. The van der Waals surface area contributed by atoms with Gasteiger partial charge in [-0.1, -0.05) is 12.5 Å². The van der Waals surface area contributed by atoms with Crippen LogP contribution in [0.15, 0.2) is 11.1 Å². The maximum atomic E-state index is 10.7. The van der Waals surface area contributed by atoms with Crippen molar-refractivity contribution in [3.8, 4) is 0 Å². The molecule has 1 fully saturated rings. The van der Waals surface area contributed by atoms with E-state index in [9.17, 15) is 4.79 Å². The summed E-state index contributed by atoms with van der Waals surface area (Å²) in [6, 6.07) is 0. The molecule has 0 radical (unpaired) electrons. The van der Waals surface area contributed by atoms with Gasteiger partial charge in [-0.15, -0.1) is 0 Å². The molecule has 3 nitrogen and oxygen atoms in total. The average Bonchev–Trinajstić information content (AvgIpc) is 2.71. The van der Waals surface area contributed by atoms with Crippen molar-refractivity contribution in [1.82, 2.24) is 0 Å². The van der Waals surface area contributed by atoms with Gasteiger partial charge in [0.2, 0.25) is 0 Å². The van der Waals surface area contributed by atoms with Crippen LogP contribution >= 0.6 is 0 Å². The van der Waals surface area contributed by atoms with Crippen molar-refractivity contribution in [3.05, 3.63) is 11.1 Å². The molecule has 1 unspecified atom stereocenters. The van der Waals surface area contributed by atoms with Crippen LogP contribution in [-0.4, -0.2) is 23.8 Å². The first-order valence-electron chi connectivity index (χ1n) is 4.18. The number of rotatable bonds is 4. The minimum absolute atomic E-state index is 0.283. The molecule has 0 saturated carbocycles. The van der Waals surface area contributed by atoms with Gasteiger partial charge in [-0.05, 0) is 19.8 Å². The van der Waals surface area contributed by atoms with Gasteiger partial charge in [-0.2, -0.15) is 0 Å². The van der Waals surface area contributed by atoms with Crippen molar-refractivity contribution in [3.63, 3.8) is 0 Å². The van der Waals surface area contributed by atoms with Gasteiger partial charge < -0.3 is 9.84 Å². The fourth-order valence-corrected chi connectivity index (χ4v) is 1.29. The molecule has 1 rings (SSSR count). The summed E-state index contributed by atoms with van der Waals surface area (Å²) in [5.41, 5.74) is 1.48. The molecule has 0 aliphatic carbocycles. The van der Waals surface area contributed by atoms with E-state index >= 15 is 0 Å². The van der Waals surface area contributed by atoms with Gasteiger partial charge in [0, 0.05) is 5.57 Å². The zero-order valence-corrected chi connectivity index (χ0v) is 7.46. The van der Waals surface area contributed by atoms with Gasteiger partial charge >= 0.3 is 5.97 Å². The summed E-state index contributed by atoms with van der Waals surface area (Å²) in [6.45, 7) is 4.52. The lowest BCUT2D eigenvalue weighted by molar-refractivity contribution is -0.132. The second kappa shape index (κ2) is 3.72. The Morgan fingerprint density at radius 1 is 1.67 bits per heavy atom. The van der Waals surface area contributed by atoms with Crippen molar-refractivity contribution in [2.75, 3.05) is 6.61 Å². The fraction of sp³-hybridized carbons (Fsp3) is 0.667. The summed E-state index contributed by atoms with van der Waals surface area (Å²) >= 11 is 0. The monoisotopic (exact) mass is 170 g/mol. The van der Waals surface area contributed by atoms with Crippen molar-refractivity contribution < 1.29 is 14.6 Å². The second-order valence-corrected chi connectivity index (χ2v) is 3.08. The van der Waals surface area contributed by atoms with Gasteiger partial charge in [0.1, 0.15) is 0 Å². The molecule has 1 N–H and O–H groups in total. The van der Waals surface area contributed by atoms with Crippen LogP contribution < -0.4 is 0 Å². The standard InChI is InChI=1S/C9H14O3/c1-3-8(9(10)11)6(2)4-7-5-12-7/h7H,3-5H2,1-2H3,(H,10,11). The normalized spacial score (nSPS) is 23.3. The third-order valence-corrected chi connectivity index (χ3v) is 2.06. The molecule has 0 spiro atoms. The van der Waals surface area contributed by atoms with E-state index in [0.717, 1.165) is 18.6 Å². The topological polar surface area (TPSA) is 49.8 Å². The Hall–Kier alpha value is -0.830. The largest absolute Gasteiger partial charge is 0.478 e. The Kier molecular flexibility index (Phi) is 2.87. The van der Waals surface area contributed by atoms with Gasteiger partial charge in [0.15, 0.2) is 0 Å². The van der Waals surface area contributed by atoms with E-state index in [-0.39, 0.29) is 6.10 Å². The molecule has 3 heteroatoms. The van der Waals surface area contributed by atoms with Gasteiger partial charge in [-0.3, -0.25) is 0 Å². The van der Waals surface area contributed by atoms with E-state index in [2.05, 4.69) is 0 Å². The van der Waals surface area contributed by atoms with Crippen LogP contribution in [0.25, 0.3) is 0 Å². The minimum atomic E-state index is -0.796. The molecular weight excluding hydrogens is 156 g/mol. The van der Waals surface area contributed by atoms with Gasteiger partial charge in [-0.25, -0.2) is 4.79 Å². The Morgan fingerprint density at radius 2 is 2.25 bits per heavy atom. The number of epoxide rings is 1. The first-order chi connectivity index (χ1) is 5.65. The summed E-state index contributed by atoms with van der Waals surface area (Å²) in [6.07, 6.45) is 1.65. The molecule has 0 amide bonds. The predicted molar refractivity (Wildman–Crippen MR) is 45.0 cm³/mol. The molecule has 68 valence electrons. The summed E-state index contributed by atoms with van der Waals surface area (Å²) in [5.74, 6) is -0.796. The minimum Gasteiger partial charge on any atom is -0.478 e. The smallest absolute Gasteiger partial charge is 0.331 e.